The molecule has 1 atom stereocenters. The van der Waals surface area contributed by atoms with Crippen molar-refractivity contribution in [2.45, 2.75) is 13.0 Å². The van der Waals surface area contributed by atoms with Crippen LogP contribution in [0.15, 0.2) is 76.0 Å². The number of hydrogen-bond acceptors (Lipinski definition) is 9. The van der Waals surface area contributed by atoms with E-state index in [0.717, 1.165) is 0 Å². The smallest absolute Gasteiger partial charge is 0.338 e. The highest BCUT2D eigenvalue weighted by Crippen LogP contribution is 2.39. The van der Waals surface area contributed by atoms with Gasteiger partial charge in [-0.15, -0.1) is 0 Å². The summed E-state index contributed by atoms with van der Waals surface area (Å²) in [4.78, 5) is 33.1. The van der Waals surface area contributed by atoms with Gasteiger partial charge in [0.05, 0.1) is 47.7 Å². The van der Waals surface area contributed by atoms with Gasteiger partial charge in [0.2, 0.25) is 6.79 Å². The molecule has 0 fully saturated rings. The molecule has 4 aromatic rings. The van der Waals surface area contributed by atoms with Crippen LogP contribution in [0.4, 0.5) is 0 Å². The zero-order valence-electron chi connectivity index (χ0n) is 22.9. The van der Waals surface area contributed by atoms with E-state index in [0.29, 0.717) is 59.7 Å². The topological polar surface area (TPSA) is 97.6 Å². The number of hydrogen-bond donors (Lipinski definition) is 0. The van der Waals surface area contributed by atoms with Gasteiger partial charge in [-0.25, -0.2) is 9.79 Å². The van der Waals surface area contributed by atoms with E-state index in [2.05, 4.69) is 0 Å². The van der Waals surface area contributed by atoms with Crippen molar-refractivity contribution in [1.29, 1.82) is 0 Å². The van der Waals surface area contributed by atoms with Crippen LogP contribution in [0, 0.1) is 0 Å². The maximum atomic E-state index is 14.1. The van der Waals surface area contributed by atoms with Crippen molar-refractivity contribution in [3.8, 4) is 23.0 Å². The van der Waals surface area contributed by atoms with Crippen molar-refractivity contribution in [2.24, 2.45) is 4.99 Å². The highest BCUT2D eigenvalue weighted by atomic mass is 35.5. The molecule has 0 spiro atoms. The normalized spacial score (nSPS) is 15.7. The molecular weight excluding hydrogens is 580 g/mol. The Hall–Kier alpha value is -4.54. The molecular formula is C31H25ClN2O7S. The molecule has 214 valence electrons. The van der Waals surface area contributed by atoms with Crippen molar-refractivity contribution < 1.29 is 28.5 Å². The number of halogens is 1. The van der Waals surface area contributed by atoms with Crippen molar-refractivity contribution in [1.82, 2.24) is 4.57 Å². The number of methoxy groups -OCH3 is 2. The van der Waals surface area contributed by atoms with Crippen LogP contribution in [-0.2, 0) is 9.53 Å². The molecule has 1 aromatic heterocycles. The van der Waals surface area contributed by atoms with E-state index < -0.39 is 12.0 Å². The average molecular weight is 605 g/mol. The molecule has 0 aliphatic carbocycles. The summed E-state index contributed by atoms with van der Waals surface area (Å²) in [5.41, 5.74) is 2.22. The van der Waals surface area contributed by atoms with Gasteiger partial charge in [0.1, 0.15) is 0 Å². The van der Waals surface area contributed by atoms with E-state index in [4.69, 9.17) is 40.3 Å². The molecule has 2 aliphatic heterocycles. The van der Waals surface area contributed by atoms with Gasteiger partial charge in [0.15, 0.2) is 27.8 Å². The first kappa shape index (κ1) is 27.6. The minimum Gasteiger partial charge on any atom is -0.493 e. The van der Waals surface area contributed by atoms with Gasteiger partial charge in [-0.1, -0.05) is 59.3 Å². The predicted octanol–water partition coefficient (Wildman–Crippen LogP) is 4.33. The monoisotopic (exact) mass is 604 g/mol. The standard InChI is InChI=1S/C31H25ClN2O7S/c1-4-39-30(36)26-27(17-8-6-5-7-9-17)33-31-34(28(26)18-10-11-21(37-2)22(12-18)38-3)29(35)25(42-31)14-19-13-23-24(15-20(19)32)41-16-40-23/h5-15,28H,4,16H2,1-3H3/b25-14+/t28-/m0/s1. The first-order valence-electron chi connectivity index (χ1n) is 13.0. The maximum Gasteiger partial charge on any atom is 0.338 e. The van der Waals surface area contributed by atoms with Gasteiger partial charge in [0, 0.05) is 11.6 Å². The van der Waals surface area contributed by atoms with Gasteiger partial charge in [-0.3, -0.25) is 9.36 Å². The third kappa shape index (κ3) is 4.82. The van der Waals surface area contributed by atoms with Crippen LogP contribution in [0.5, 0.6) is 23.0 Å². The Morgan fingerprint density at radius 3 is 2.52 bits per heavy atom. The third-order valence-corrected chi connectivity index (χ3v) is 8.19. The highest BCUT2D eigenvalue weighted by molar-refractivity contribution is 7.07. The van der Waals surface area contributed by atoms with Crippen molar-refractivity contribution >= 4 is 40.7 Å². The Kier molecular flexibility index (Phi) is 7.49. The molecule has 0 N–H and O–H groups in total. The lowest BCUT2D eigenvalue weighted by Gasteiger charge is -2.26. The van der Waals surface area contributed by atoms with E-state index in [9.17, 15) is 9.59 Å². The lowest BCUT2D eigenvalue weighted by atomic mass is 9.93. The van der Waals surface area contributed by atoms with Gasteiger partial charge in [0.25, 0.3) is 5.56 Å². The Bertz CT molecular complexity index is 1910. The SMILES string of the molecule is CCOC(=O)C1=C(c2ccccc2)N=c2s/c(=C/c3cc4c(cc3Cl)OCO4)c(=O)n2[C@H]1c1ccc(OC)c(OC)c1. The zero-order valence-corrected chi connectivity index (χ0v) is 24.5. The number of fused-ring (bicyclic) bond motifs is 2. The lowest BCUT2D eigenvalue weighted by Crippen LogP contribution is -2.40. The summed E-state index contributed by atoms with van der Waals surface area (Å²) in [6, 6.07) is 17.1. The van der Waals surface area contributed by atoms with Gasteiger partial charge < -0.3 is 23.7 Å². The second kappa shape index (κ2) is 11.4. The first-order chi connectivity index (χ1) is 20.4. The largest absolute Gasteiger partial charge is 0.493 e. The number of carbonyl (C=O) groups excluding carboxylic acids is 1. The first-order valence-corrected chi connectivity index (χ1v) is 14.2. The van der Waals surface area contributed by atoms with Gasteiger partial charge in [-0.05, 0) is 42.3 Å². The number of aromatic nitrogens is 1. The predicted molar refractivity (Wildman–Crippen MR) is 158 cm³/mol. The molecule has 6 rings (SSSR count). The minimum atomic E-state index is -0.871. The highest BCUT2D eigenvalue weighted by Gasteiger charge is 2.35. The van der Waals surface area contributed by atoms with E-state index in [1.54, 1.807) is 50.4 Å². The summed E-state index contributed by atoms with van der Waals surface area (Å²) < 4.78 is 29.3. The van der Waals surface area contributed by atoms with E-state index in [1.807, 2.05) is 30.3 Å². The van der Waals surface area contributed by atoms with E-state index >= 15 is 0 Å². The Balaban J connectivity index is 1.64. The number of carbonyl (C=O) groups is 1. The number of rotatable bonds is 7. The fraction of sp³-hybridized carbons (Fsp3) is 0.194. The molecule has 0 saturated carbocycles. The summed E-state index contributed by atoms with van der Waals surface area (Å²) in [6.07, 6.45) is 1.69. The Morgan fingerprint density at radius 2 is 1.81 bits per heavy atom. The molecule has 0 bridgehead atoms. The quantitative estimate of drug-likeness (QED) is 0.290. The summed E-state index contributed by atoms with van der Waals surface area (Å²) in [7, 11) is 3.07. The van der Waals surface area contributed by atoms with Crippen LogP contribution in [0.3, 0.4) is 0 Å². The molecule has 3 heterocycles. The molecule has 0 amide bonds. The lowest BCUT2D eigenvalue weighted by molar-refractivity contribution is -0.138. The van der Waals surface area contributed by atoms with Crippen LogP contribution < -0.4 is 33.8 Å². The molecule has 0 saturated heterocycles. The summed E-state index contributed by atoms with van der Waals surface area (Å²) in [5, 5.41) is 0.402. The van der Waals surface area contributed by atoms with Gasteiger partial charge >= 0.3 is 5.97 Å². The second-order valence-electron chi connectivity index (χ2n) is 9.27. The molecule has 11 heteroatoms. The molecule has 3 aromatic carbocycles. The fourth-order valence-corrected chi connectivity index (χ4v) is 6.16. The molecule has 2 aliphatic rings. The fourth-order valence-electron chi connectivity index (χ4n) is 4.96. The van der Waals surface area contributed by atoms with E-state index in [1.165, 1.54) is 23.0 Å². The zero-order chi connectivity index (χ0) is 29.4. The van der Waals surface area contributed by atoms with Crippen LogP contribution in [0.25, 0.3) is 11.8 Å². The average Bonchev–Trinajstić information content (AvgIpc) is 3.59. The Morgan fingerprint density at radius 1 is 1.07 bits per heavy atom. The van der Waals surface area contributed by atoms with Gasteiger partial charge in [-0.2, -0.15) is 0 Å². The van der Waals surface area contributed by atoms with Crippen LogP contribution in [0.2, 0.25) is 5.02 Å². The van der Waals surface area contributed by atoms with Crippen LogP contribution in [0.1, 0.15) is 29.7 Å². The summed E-state index contributed by atoms with van der Waals surface area (Å²) in [6.45, 7) is 1.98. The number of benzene rings is 3. The number of esters is 1. The van der Waals surface area contributed by atoms with Crippen molar-refractivity contribution in [2.75, 3.05) is 27.6 Å². The van der Waals surface area contributed by atoms with Crippen molar-refractivity contribution in [3.63, 3.8) is 0 Å². The number of thiazole rings is 1. The minimum absolute atomic E-state index is 0.0987. The van der Waals surface area contributed by atoms with Crippen molar-refractivity contribution in [3.05, 3.63) is 108 Å². The van der Waals surface area contributed by atoms with Crippen LogP contribution in [-0.4, -0.2) is 38.2 Å². The van der Waals surface area contributed by atoms with Crippen LogP contribution >= 0.6 is 22.9 Å². The summed E-state index contributed by atoms with van der Waals surface area (Å²) in [5.74, 6) is 1.46. The molecule has 42 heavy (non-hydrogen) atoms. The molecule has 9 nitrogen and oxygen atoms in total. The molecule has 0 radical (unpaired) electrons. The second-order valence-corrected chi connectivity index (χ2v) is 10.7. The third-order valence-electron chi connectivity index (χ3n) is 6.88. The Labute approximate surface area is 249 Å². The maximum absolute atomic E-state index is 14.1. The summed E-state index contributed by atoms with van der Waals surface area (Å²) >= 11 is 7.73. The number of ether oxygens (including phenoxy) is 5. The number of nitrogens with zero attached hydrogens (tertiary/aromatic N) is 2. The van der Waals surface area contributed by atoms with E-state index in [-0.39, 0.29) is 24.5 Å². The molecule has 0 unspecified atom stereocenters.